The number of rotatable bonds is 7. The lowest BCUT2D eigenvalue weighted by Gasteiger charge is -2.27. The van der Waals surface area contributed by atoms with E-state index >= 15 is 0 Å². The van der Waals surface area contributed by atoms with Crippen LogP contribution in [0.5, 0.6) is 11.5 Å². The van der Waals surface area contributed by atoms with E-state index < -0.39 is 17.5 Å². The van der Waals surface area contributed by atoms with Crippen molar-refractivity contribution in [2.45, 2.75) is 33.4 Å². The quantitative estimate of drug-likeness (QED) is 0.223. The van der Waals surface area contributed by atoms with E-state index in [0.717, 1.165) is 11.4 Å². The molecule has 1 unspecified atom stereocenters. The van der Waals surface area contributed by atoms with Crippen LogP contribution in [-0.2, 0) is 11.3 Å². The number of fused-ring (bicyclic) bond motifs is 1. The van der Waals surface area contributed by atoms with Crippen LogP contribution in [0.2, 0.25) is 0 Å². The lowest BCUT2D eigenvalue weighted by molar-refractivity contribution is -0.385. The zero-order valence-corrected chi connectivity index (χ0v) is 19.1. The number of ketones is 1. The topological polar surface area (TPSA) is 110 Å². The molecule has 1 atom stereocenters. The summed E-state index contributed by atoms with van der Waals surface area (Å²) in [6.07, 6.45) is -0.225. The Morgan fingerprint density at radius 2 is 1.82 bits per heavy atom. The van der Waals surface area contributed by atoms with Crippen LogP contribution in [0.1, 0.15) is 37.7 Å². The predicted molar refractivity (Wildman–Crippen MR) is 123 cm³/mol. The normalized spacial score (nSPS) is 14.5. The standard InChI is InChI=1S/C25H24N2O7/c1-15-11-20(17(3)26(15)12-18-13-32-23-9-4-5-10-24(23)34-18)22(28)14-33-25(29)19-7-6-8-21(16(19)2)27(30)31/h4-11,18H,12-14H2,1-3H3. The highest BCUT2D eigenvalue weighted by Crippen LogP contribution is 2.31. The first-order valence-electron chi connectivity index (χ1n) is 10.8. The molecular formula is C25H24N2O7. The van der Waals surface area contributed by atoms with Gasteiger partial charge in [-0.2, -0.15) is 0 Å². The minimum absolute atomic E-state index is 0.0576. The van der Waals surface area contributed by atoms with Gasteiger partial charge in [0.05, 0.1) is 17.0 Å². The molecule has 0 bridgehead atoms. The van der Waals surface area contributed by atoms with E-state index in [1.165, 1.54) is 25.1 Å². The van der Waals surface area contributed by atoms with Crippen LogP contribution in [0.4, 0.5) is 5.69 Å². The van der Waals surface area contributed by atoms with Gasteiger partial charge in [0.2, 0.25) is 5.78 Å². The van der Waals surface area contributed by atoms with Gasteiger partial charge in [-0.3, -0.25) is 14.9 Å². The number of nitrogens with zero attached hydrogens (tertiary/aromatic N) is 2. The number of benzene rings is 2. The lowest BCUT2D eigenvalue weighted by atomic mass is 10.1. The molecule has 1 aromatic heterocycles. The van der Waals surface area contributed by atoms with Crippen LogP contribution >= 0.6 is 0 Å². The minimum Gasteiger partial charge on any atom is -0.486 e. The number of para-hydroxylation sites is 2. The molecular weight excluding hydrogens is 440 g/mol. The minimum atomic E-state index is -0.783. The van der Waals surface area contributed by atoms with E-state index in [2.05, 4.69) is 0 Å². The van der Waals surface area contributed by atoms with Gasteiger partial charge in [0.25, 0.3) is 5.69 Å². The first kappa shape index (κ1) is 23.0. The summed E-state index contributed by atoms with van der Waals surface area (Å²) in [6.45, 7) is 5.59. The lowest BCUT2D eigenvalue weighted by Crippen LogP contribution is -2.33. The van der Waals surface area contributed by atoms with Crippen LogP contribution < -0.4 is 9.47 Å². The number of nitro benzene ring substituents is 1. The van der Waals surface area contributed by atoms with Gasteiger partial charge >= 0.3 is 5.97 Å². The Hall–Kier alpha value is -4.14. The van der Waals surface area contributed by atoms with Crippen molar-refractivity contribution in [2.24, 2.45) is 0 Å². The maximum Gasteiger partial charge on any atom is 0.339 e. The van der Waals surface area contributed by atoms with Crippen molar-refractivity contribution < 1.29 is 28.7 Å². The molecule has 1 aliphatic rings. The molecule has 9 nitrogen and oxygen atoms in total. The molecule has 0 spiro atoms. The van der Waals surface area contributed by atoms with Crippen molar-refractivity contribution in [1.82, 2.24) is 4.57 Å². The monoisotopic (exact) mass is 464 g/mol. The molecule has 1 aliphatic heterocycles. The van der Waals surface area contributed by atoms with Gasteiger partial charge < -0.3 is 18.8 Å². The molecule has 3 aromatic rings. The molecule has 0 aliphatic carbocycles. The molecule has 2 aromatic carbocycles. The van der Waals surface area contributed by atoms with E-state index in [4.69, 9.17) is 14.2 Å². The fraction of sp³-hybridized carbons (Fsp3) is 0.280. The number of carbonyl (C=O) groups excluding carboxylic acids is 2. The number of carbonyl (C=O) groups is 2. The Morgan fingerprint density at radius 3 is 2.56 bits per heavy atom. The highest BCUT2D eigenvalue weighted by Gasteiger charge is 2.25. The van der Waals surface area contributed by atoms with Crippen molar-refractivity contribution in [3.05, 3.63) is 86.7 Å². The van der Waals surface area contributed by atoms with Crippen molar-refractivity contribution in [3.63, 3.8) is 0 Å². The van der Waals surface area contributed by atoms with Gasteiger partial charge in [-0.25, -0.2) is 4.79 Å². The maximum absolute atomic E-state index is 12.8. The third-order valence-corrected chi connectivity index (χ3v) is 5.88. The zero-order chi connectivity index (χ0) is 24.4. The molecule has 0 radical (unpaired) electrons. The van der Waals surface area contributed by atoms with E-state index in [1.54, 1.807) is 6.07 Å². The highest BCUT2D eigenvalue weighted by molar-refractivity contribution is 6.00. The summed E-state index contributed by atoms with van der Waals surface area (Å²) in [4.78, 5) is 35.8. The Morgan fingerprint density at radius 1 is 1.09 bits per heavy atom. The summed E-state index contributed by atoms with van der Waals surface area (Å²) in [7, 11) is 0. The number of nitro groups is 1. The zero-order valence-electron chi connectivity index (χ0n) is 19.1. The molecule has 4 rings (SSSR count). The summed E-state index contributed by atoms with van der Waals surface area (Å²) in [5.41, 5.74) is 2.11. The number of ether oxygens (including phenoxy) is 3. The van der Waals surface area contributed by atoms with Gasteiger partial charge in [-0.15, -0.1) is 0 Å². The second-order valence-electron chi connectivity index (χ2n) is 8.10. The first-order valence-corrected chi connectivity index (χ1v) is 10.8. The summed E-state index contributed by atoms with van der Waals surface area (Å²) in [6, 6.07) is 13.4. The van der Waals surface area contributed by atoms with Crippen molar-refractivity contribution >= 4 is 17.4 Å². The summed E-state index contributed by atoms with van der Waals surface area (Å²) >= 11 is 0. The summed E-state index contributed by atoms with van der Waals surface area (Å²) < 4.78 is 19.0. The second-order valence-corrected chi connectivity index (χ2v) is 8.10. The smallest absolute Gasteiger partial charge is 0.339 e. The average molecular weight is 464 g/mol. The Balaban J connectivity index is 1.43. The number of aryl methyl sites for hydroxylation is 1. The number of hydrogen-bond donors (Lipinski definition) is 0. The van der Waals surface area contributed by atoms with E-state index in [9.17, 15) is 19.7 Å². The van der Waals surface area contributed by atoms with Crippen molar-refractivity contribution in [2.75, 3.05) is 13.2 Å². The van der Waals surface area contributed by atoms with Crippen LogP contribution in [0.25, 0.3) is 0 Å². The maximum atomic E-state index is 12.8. The Labute approximate surface area is 196 Å². The average Bonchev–Trinajstić information content (AvgIpc) is 3.10. The number of Topliss-reactive ketones (excluding diaryl/α,β-unsaturated/α-hetero) is 1. The molecule has 0 N–H and O–H groups in total. The first-order chi connectivity index (χ1) is 16.3. The predicted octanol–water partition coefficient (Wildman–Crippen LogP) is 4.20. The van der Waals surface area contributed by atoms with E-state index in [-0.39, 0.29) is 28.7 Å². The molecule has 0 fully saturated rings. The van der Waals surface area contributed by atoms with Crippen molar-refractivity contribution in [3.8, 4) is 11.5 Å². The summed E-state index contributed by atoms with van der Waals surface area (Å²) in [5.74, 6) is 0.244. The Bertz CT molecular complexity index is 1280. The van der Waals surface area contributed by atoms with Gasteiger partial charge in [-0.05, 0) is 45.0 Å². The molecule has 2 heterocycles. The SMILES string of the molecule is Cc1c(C(=O)OCC(=O)c2cc(C)n(CC3COc4ccccc4O3)c2C)cccc1[N+](=O)[O-]. The number of esters is 1. The Kier molecular flexibility index (Phi) is 6.36. The highest BCUT2D eigenvalue weighted by atomic mass is 16.6. The third kappa shape index (κ3) is 4.50. The van der Waals surface area contributed by atoms with E-state index in [0.29, 0.717) is 30.2 Å². The molecule has 176 valence electrons. The van der Waals surface area contributed by atoms with Crippen LogP contribution in [0.3, 0.4) is 0 Å². The van der Waals surface area contributed by atoms with Gasteiger partial charge in [0.15, 0.2) is 24.2 Å². The number of aromatic nitrogens is 1. The molecule has 34 heavy (non-hydrogen) atoms. The van der Waals surface area contributed by atoms with E-state index in [1.807, 2.05) is 42.7 Å². The largest absolute Gasteiger partial charge is 0.486 e. The second kappa shape index (κ2) is 9.38. The number of hydrogen-bond acceptors (Lipinski definition) is 7. The fourth-order valence-corrected chi connectivity index (χ4v) is 4.05. The molecule has 9 heteroatoms. The summed E-state index contributed by atoms with van der Waals surface area (Å²) in [5, 5.41) is 11.1. The third-order valence-electron chi connectivity index (χ3n) is 5.88. The molecule has 0 amide bonds. The van der Waals surface area contributed by atoms with Crippen LogP contribution in [0.15, 0.2) is 48.5 Å². The van der Waals surface area contributed by atoms with Gasteiger partial charge in [0.1, 0.15) is 6.61 Å². The fourth-order valence-electron chi connectivity index (χ4n) is 4.05. The molecule has 0 saturated heterocycles. The van der Waals surface area contributed by atoms with Crippen LogP contribution in [0, 0.1) is 30.9 Å². The van der Waals surface area contributed by atoms with Gasteiger partial charge in [0, 0.05) is 28.6 Å². The van der Waals surface area contributed by atoms with Crippen molar-refractivity contribution in [1.29, 1.82) is 0 Å². The van der Waals surface area contributed by atoms with Gasteiger partial charge in [-0.1, -0.05) is 18.2 Å². The molecule has 0 saturated carbocycles. The van der Waals surface area contributed by atoms with Crippen LogP contribution in [-0.4, -0.2) is 40.6 Å².